The van der Waals surface area contributed by atoms with E-state index in [1.165, 1.54) is 12.1 Å². The zero-order valence-corrected chi connectivity index (χ0v) is 10.0. The van der Waals surface area contributed by atoms with E-state index in [1.54, 1.807) is 23.9 Å². The highest BCUT2D eigenvalue weighted by Crippen LogP contribution is 2.29. The van der Waals surface area contributed by atoms with Gasteiger partial charge < -0.3 is 5.43 Å². The molecular weight excluding hydrogens is 239 g/mol. The van der Waals surface area contributed by atoms with E-state index in [0.29, 0.717) is 0 Å². The first kappa shape index (κ1) is 10.6. The molecular formula is C11H11FN4S. The van der Waals surface area contributed by atoms with E-state index in [4.69, 9.17) is 0 Å². The highest BCUT2D eigenvalue weighted by atomic mass is 32.2. The number of hydrogen-bond acceptors (Lipinski definition) is 4. The van der Waals surface area contributed by atoms with Crippen LogP contribution in [0, 0.1) is 12.7 Å². The van der Waals surface area contributed by atoms with Gasteiger partial charge in [-0.1, -0.05) is 23.9 Å². The van der Waals surface area contributed by atoms with Gasteiger partial charge in [0.2, 0.25) is 5.16 Å². The van der Waals surface area contributed by atoms with E-state index in [0.717, 1.165) is 22.3 Å². The smallest absolute Gasteiger partial charge is 0.210 e. The molecule has 6 heteroatoms. The van der Waals surface area contributed by atoms with Gasteiger partial charge in [-0.2, -0.15) is 0 Å². The van der Waals surface area contributed by atoms with Crippen LogP contribution in [0.2, 0.25) is 0 Å². The molecule has 1 atom stereocenters. The highest BCUT2D eigenvalue weighted by Gasteiger charge is 2.22. The van der Waals surface area contributed by atoms with Crippen LogP contribution >= 0.6 is 11.8 Å². The van der Waals surface area contributed by atoms with Gasteiger partial charge in [-0.25, -0.2) is 9.07 Å². The standard InChI is InChI=1S/C11H11FN4S/c1-7-13-14-11-16(7)15-10(6-17-11)8-2-4-9(12)5-3-8/h2-5,10,15H,6H2,1H3. The molecule has 0 saturated heterocycles. The largest absolute Gasteiger partial charge is 0.314 e. The van der Waals surface area contributed by atoms with E-state index in [1.807, 2.05) is 11.6 Å². The molecule has 0 aliphatic carbocycles. The van der Waals surface area contributed by atoms with Crippen molar-refractivity contribution in [2.75, 3.05) is 11.2 Å². The van der Waals surface area contributed by atoms with E-state index >= 15 is 0 Å². The minimum Gasteiger partial charge on any atom is -0.314 e. The lowest BCUT2D eigenvalue weighted by Gasteiger charge is -2.26. The SMILES string of the molecule is Cc1nnc2n1NC(c1ccc(F)cc1)CS2. The molecule has 2 heterocycles. The monoisotopic (exact) mass is 250 g/mol. The van der Waals surface area contributed by atoms with Crippen LogP contribution in [0.25, 0.3) is 0 Å². The molecule has 0 spiro atoms. The van der Waals surface area contributed by atoms with Crippen LogP contribution < -0.4 is 5.43 Å². The molecule has 0 saturated carbocycles. The van der Waals surface area contributed by atoms with Crippen molar-refractivity contribution in [3.63, 3.8) is 0 Å². The zero-order valence-electron chi connectivity index (χ0n) is 9.22. The third kappa shape index (κ3) is 1.88. The third-order valence-electron chi connectivity index (χ3n) is 2.73. The Labute approximate surface area is 102 Å². The maximum absolute atomic E-state index is 12.9. The first-order chi connectivity index (χ1) is 8.24. The summed E-state index contributed by atoms with van der Waals surface area (Å²) < 4.78 is 14.7. The molecule has 3 rings (SSSR count). The quantitative estimate of drug-likeness (QED) is 0.842. The second-order valence-electron chi connectivity index (χ2n) is 3.91. The molecule has 1 aliphatic rings. The Hall–Kier alpha value is -1.56. The molecule has 0 radical (unpaired) electrons. The molecule has 0 bridgehead atoms. The van der Waals surface area contributed by atoms with Crippen molar-refractivity contribution >= 4 is 11.8 Å². The summed E-state index contributed by atoms with van der Waals surface area (Å²) in [6.45, 7) is 1.90. The van der Waals surface area contributed by atoms with E-state index in [2.05, 4.69) is 15.6 Å². The molecule has 17 heavy (non-hydrogen) atoms. The number of thioether (sulfide) groups is 1. The maximum atomic E-state index is 12.9. The van der Waals surface area contributed by atoms with Gasteiger partial charge >= 0.3 is 0 Å². The van der Waals surface area contributed by atoms with Crippen LogP contribution in [0.5, 0.6) is 0 Å². The number of hydrogen-bond donors (Lipinski definition) is 1. The summed E-state index contributed by atoms with van der Waals surface area (Å²) in [6, 6.07) is 6.73. The molecule has 1 N–H and O–H groups in total. The Morgan fingerprint density at radius 2 is 2.12 bits per heavy atom. The average Bonchev–Trinajstić information content (AvgIpc) is 2.72. The third-order valence-corrected chi connectivity index (χ3v) is 3.75. The number of aryl methyl sites for hydroxylation is 1. The Morgan fingerprint density at radius 3 is 2.88 bits per heavy atom. The molecule has 1 unspecified atom stereocenters. The first-order valence-electron chi connectivity index (χ1n) is 5.31. The zero-order chi connectivity index (χ0) is 11.8. The van der Waals surface area contributed by atoms with Crippen LogP contribution in [0.15, 0.2) is 29.4 Å². The van der Waals surface area contributed by atoms with Gasteiger partial charge in [0, 0.05) is 5.75 Å². The van der Waals surface area contributed by atoms with Gasteiger partial charge in [-0.3, -0.25) is 0 Å². The highest BCUT2D eigenvalue weighted by molar-refractivity contribution is 7.99. The van der Waals surface area contributed by atoms with Gasteiger partial charge in [0.1, 0.15) is 11.6 Å². The van der Waals surface area contributed by atoms with Crippen molar-refractivity contribution in [3.8, 4) is 0 Å². The summed E-state index contributed by atoms with van der Waals surface area (Å²) in [5.74, 6) is 1.49. The first-order valence-corrected chi connectivity index (χ1v) is 6.29. The van der Waals surface area contributed by atoms with Crippen LogP contribution in [0.4, 0.5) is 4.39 Å². The van der Waals surface area contributed by atoms with Gasteiger partial charge in [0.15, 0.2) is 0 Å². The summed E-state index contributed by atoms with van der Waals surface area (Å²) >= 11 is 1.65. The predicted molar refractivity (Wildman–Crippen MR) is 64.0 cm³/mol. The number of aromatic nitrogens is 3. The van der Waals surface area contributed by atoms with E-state index in [9.17, 15) is 4.39 Å². The Balaban J connectivity index is 1.88. The molecule has 0 amide bonds. The minimum absolute atomic E-state index is 0.155. The van der Waals surface area contributed by atoms with E-state index < -0.39 is 0 Å². The lowest BCUT2D eigenvalue weighted by Crippen LogP contribution is -2.28. The molecule has 1 aromatic carbocycles. The molecule has 0 fully saturated rings. The Morgan fingerprint density at radius 1 is 1.35 bits per heavy atom. The fourth-order valence-corrected chi connectivity index (χ4v) is 2.80. The van der Waals surface area contributed by atoms with Gasteiger partial charge in [-0.15, -0.1) is 10.2 Å². The second kappa shape index (κ2) is 4.03. The summed E-state index contributed by atoms with van der Waals surface area (Å²) in [4.78, 5) is 0. The van der Waals surface area contributed by atoms with Crippen LogP contribution in [0.1, 0.15) is 17.4 Å². The topological polar surface area (TPSA) is 42.7 Å². The normalized spacial score (nSPS) is 18.6. The molecule has 2 aromatic rings. The summed E-state index contributed by atoms with van der Waals surface area (Å²) in [7, 11) is 0. The minimum atomic E-state index is -0.210. The number of rotatable bonds is 1. The second-order valence-corrected chi connectivity index (χ2v) is 4.90. The summed E-state index contributed by atoms with van der Waals surface area (Å²) in [5, 5.41) is 8.94. The summed E-state index contributed by atoms with van der Waals surface area (Å²) in [6.07, 6.45) is 0. The number of benzene rings is 1. The van der Waals surface area contributed by atoms with Crippen molar-refractivity contribution in [1.29, 1.82) is 0 Å². The molecule has 88 valence electrons. The number of nitrogens with one attached hydrogen (secondary N) is 1. The fraction of sp³-hybridized carbons (Fsp3) is 0.273. The Bertz CT molecular complexity index is 537. The fourth-order valence-electron chi connectivity index (χ4n) is 1.80. The van der Waals surface area contributed by atoms with Crippen molar-refractivity contribution in [2.45, 2.75) is 18.1 Å². The van der Waals surface area contributed by atoms with Crippen molar-refractivity contribution in [3.05, 3.63) is 41.5 Å². The lowest BCUT2D eigenvalue weighted by molar-refractivity contribution is 0.621. The number of fused-ring (bicyclic) bond motifs is 1. The van der Waals surface area contributed by atoms with Crippen LogP contribution in [0.3, 0.4) is 0 Å². The lowest BCUT2D eigenvalue weighted by atomic mass is 10.1. The van der Waals surface area contributed by atoms with Crippen LogP contribution in [-0.2, 0) is 0 Å². The summed E-state index contributed by atoms with van der Waals surface area (Å²) in [5.41, 5.74) is 4.40. The predicted octanol–water partition coefficient (Wildman–Crippen LogP) is 2.12. The molecule has 4 nitrogen and oxygen atoms in total. The molecule has 1 aromatic heterocycles. The molecule has 1 aliphatic heterocycles. The van der Waals surface area contributed by atoms with Gasteiger partial charge in [-0.05, 0) is 24.6 Å². The number of halogens is 1. The van der Waals surface area contributed by atoms with Crippen LogP contribution in [-0.4, -0.2) is 20.6 Å². The number of nitrogens with zero attached hydrogens (tertiary/aromatic N) is 3. The van der Waals surface area contributed by atoms with Gasteiger partial charge in [0.25, 0.3) is 0 Å². The van der Waals surface area contributed by atoms with Crippen molar-refractivity contribution in [2.24, 2.45) is 0 Å². The maximum Gasteiger partial charge on any atom is 0.210 e. The van der Waals surface area contributed by atoms with E-state index in [-0.39, 0.29) is 11.9 Å². The average molecular weight is 250 g/mol. The van der Waals surface area contributed by atoms with Crippen molar-refractivity contribution < 1.29 is 4.39 Å². The van der Waals surface area contributed by atoms with Crippen molar-refractivity contribution in [1.82, 2.24) is 14.9 Å². The Kier molecular flexibility index (Phi) is 2.51. The van der Waals surface area contributed by atoms with Gasteiger partial charge in [0.05, 0.1) is 6.04 Å².